The van der Waals surface area contributed by atoms with Crippen molar-refractivity contribution in [2.24, 2.45) is 0 Å². The molecule has 4 nitrogen and oxygen atoms in total. The van der Waals surface area contributed by atoms with Gasteiger partial charge in [0.2, 0.25) is 0 Å². The highest BCUT2D eigenvalue weighted by molar-refractivity contribution is 5.43. The molecule has 1 unspecified atom stereocenters. The van der Waals surface area contributed by atoms with Crippen LogP contribution in [0.3, 0.4) is 0 Å². The molecule has 2 aromatic rings. The third-order valence-corrected chi connectivity index (χ3v) is 3.04. The molecule has 0 fully saturated rings. The monoisotopic (exact) mass is 273 g/mol. The van der Waals surface area contributed by atoms with Crippen LogP contribution in [0, 0.1) is 0 Å². The Bertz CT molecular complexity index is 522. The summed E-state index contributed by atoms with van der Waals surface area (Å²) in [5.41, 5.74) is 2.88. The van der Waals surface area contributed by atoms with Gasteiger partial charge in [0.15, 0.2) is 6.29 Å². The number of nitrogens with one attached hydrogen (secondary N) is 1. The molecule has 0 aliphatic rings. The van der Waals surface area contributed by atoms with Crippen molar-refractivity contribution in [2.45, 2.75) is 12.9 Å². The van der Waals surface area contributed by atoms with E-state index in [0.717, 1.165) is 17.0 Å². The predicted octanol–water partition coefficient (Wildman–Crippen LogP) is 2.94. The first kappa shape index (κ1) is 14.4. The van der Waals surface area contributed by atoms with Crippen LogP contribution in [-0.2, 0) is 11.3 Å². The van der Waals surface area contributed by atoms with E-state index in [1.807, 2.05) is 43.4 Å². The van der Waals surface area contributed by atoms with Gasteiger partial charge in [-0.2, -0.15) is 0 Å². The van der Waals surface area contributed by atoms with Crippen molar-refractivity contribution >= 4 is 5.69 Å². The van der Waals surface area contributed by atoms with Gasteiger partial charge < -0.3 is 19.9 Å². The lowest BCUT2D eigenvalue weighted by Gasteiger charge is -2.10. The Morgan fingerprint density at radius 2 is 1.70 bits per heavy atom. The second kappa shape index (κ2) is 6.93. The molecule has 2 rings (SSSR count). The molecular formula is C16H19NO3. The minimum Gasteiger partial charge on any atom is -0.489 e. The molecule has 0 aromatic heterocycles. The summed E-state index contributed by atoms with van der Waals surface area (Å²) < 4.78 is 10.5. The standard InChI is InChI=1S/C16H19NO3/c1-17-14-7-3-12(4-8-14)11-20-15-9-5-13(6-10-15)16(18)19-2/h3-10,16-18H,11H2,1-2H3. The zero-order chi connectivity index (χ0) is 14.4. The molecular weight excluding hydrogens is 254 g/mol. The SMILES string of the molecule is CNc1ccc(COc2ccc(C(O)OC)cc2)cc1. The predicted molar refractivity (Wildman–Crippen MR) is 78.7 cm³/mol. The lowest BCUT2D eigenvalue weighted by molar-refractivity contribution is -0.0769. The van der Waals surface area contributed by atoms with E-state index >= 15 is 0 Å². The minimum atomic E-state index is -0.891. The summed E-state index contributed by atoms with van der Waals surface area (Å²) in [6, 6.07) is 15.3. The number of rotatable bonds is 6. The van der Waals surface area contributed by atoms with Crippen LogP contribution in [0.4, 0.5) is 5.69 Å². The Balaban J connectivity index is 1.93. The topological polar surface area (TPSA) is 50.7 Å². The summed E-state index contributed by atoms with van der Waals surface area (Å²) in [5, 5.41) is 12.6. The number of benzene rings is 2. The number of anilines is 1. The average Bonchev–Trinajstić information content (AvgIpc) is 2.53. The first-order valence-corrected chi connectivity index (χ1v) is 6.43. The van der Waals surface area contributed by atoms with Gasteiger partial charge >= 0.3 is 0 Å². The number of aliphatic hydroxyl groups is 1. The maximum absolute atomic E-state index is 9.51. The van der Waals surface area contributed by atoms with Crippen LogP contribution >= 0.6 is 0 Å². The third-order valence-electron chi connectivity index (χ3n) is 3.04. The molecule has 2 aromatic carbocycles. The smallest absolute Gasteiger partial charge is 0.180 e. The van der Waals surface area contributed by atoms with E-state index in [1.54, 1.807) is 12.1 Å². The van der Waals surface area contributed by atoms with E-state index < -0.39 is 6.29 Å². The Hall–Kier alpha value is -2.04. The maximum atomic E-state index is 9.51. The first-order chi connectivity index (χ1) is 9.72. The zero-order valence-electron chi connectivity index (χ0n) is 11.7. The number of aliphatic hydroxyl groups excluding tert-OH is 1. The van der Waals surface area contributed by atoms with E-state index in [0.29, 0.717) is 12.2 Å². The fraction of sp³-hybridized carbons (Fsp3) is 0.250. The molecule has 0 spiro atoms. The summed E-state index contributed by atoms with van der Waals surface area (Å²) >= 11 is 0. The van der Waals surface area contributed by atoms with E-state index in [-0.39, 0.29) is 0 Å². The normalized spacial score (nSPS) is 11.9. The van der Waals surface area contributed by atoms with Gasteiger partial charge in [0, 0.05) is 25.4 Å². The van der Waals surface area contributed by atoms with Crippen LogP contribution in [0.1, 0.15) is 17.4 Å². The Morgan fingerprint density at radius 1 is 1.05 bits per heavy atom. The zero-order valence-corrected chi connectivity index (χ0v) is 11.7. The molecule has 0 saturated carbocycles. The number of hydrogen-bond acceptors (Lipinski definition) is 4. The summed E-state index contributed by atoms with van der Waals surface area (Å²) in [7, 11) is 3.35. The molecule has 106 valence electrons. The summed E-state index contributed by atoms with van der Waals surface area (Å²) in [6.45, 7) is 0.510. The van der Waals surface area contributed by atoms with Crippen molar-refractivity contribution in [1.82, 2.24) is 0 Å². The molecule has 4 heteroatoms. The summed E-state index contributed by atoms with van der Waals surface area (Å²) in [6.07, 6.45) is -0.891. The minimum absolute atomic E-state index is 0.510. The number of methoxy groups -OCH3 is 1. The summed E-state index contributed by atoms with van der Waals surface area (Å²) in [5.74, 6) is 0.759. The van der Waals surface area contributed by atoms with E-state index in [4.69, 9.17) is 9.47 Å². The highest BCUT2D eigenvalue weighted by atomic mass is 16.6. The van der Waals surface area contributed by atoms with Gasteiger partial charge in [-0.15, -0.1) is 0 Å². The van der Waals surface area contributed by atoms with Gasteiger partial charge in [0.05, 0.1) is 0 Å². The van der Waals surface area contributed by atoms with Gasteiger partial charge in [0.1, 0.15) is 12.4 Å². The number of hydrogen-bond donors (Lipinski definition) is 2. The first-order valence-electron chi connectivity index (χ1n) is 6.43. The quantitative estimate of drug-likeness (QED) is 0.795. The van der Waals surface area contributed by atoms with Gasteiger partial charge in [-0.25, -0.2) is 0 Å². The van der Waals surface area contributed by atoms with E-state index in [1.165, 1.54) is 7.11 Å². The molecule has 0 bridgehead atoms. The highest BCUT2D eigenvalue weighted by Crippen LogP contribution is 2.19. The fourth-order valence-corrected chi connectivity index (χ4v) is 1.80. The molecule has 2 N–H and O–H groups in total. The fourth-order valence-electron chi connectivity index (χ4n) is 1.80. The van der Waals surface area contributed by atoms with E-state index in [2.05, 4.69) is 5.32 Å². The van der Waals surface area contributed by atoms with E-state index in [9.17, 15) is 5.11 Å². The highest BCUT2D eigenvalue weighted by Gasteiger charge is 2.05. The molecule has 0 radical (unpaired) electrons. The second-order valence-corrected chi connectivity index (χ2v) is 4.39. The maximum Gasteiger partial charge on any atom is 0.180 e. The molecule has 1 atom stereocenters. The third kappa shape index (κ3) is 3.73. The molecule has 20 heavy (non-hydrogen) atoms. The molecule has 0 aliphatic carbocycles. The van der Waals surface area contributed by atoms with Gasteiger partial charge in [-0.3, -0.25) is 0 Å². The molecule has 0 aliphatic heterocycles. The van der Waals surface area contributed by atoms with Crippen molar-refractivity contribution in [2.75, 3.05) is 19.5 Å². The van der Waals surface area contributed by atoms with Crippen LogP contribution in [0.15, 0.2) is 48.5 Å². The van der Waals surface area contributed by atoms with Gasteiger partial charge in [0.25, 0.3) is 0 Å². The van der Waals surface area contributed by atoms with Crippen LogP contribution in [0.25, 0.3) is 0 Å². The molecule has 0 amide bonds. The van der Waals surface area contributed by atoms with Crippen molar-refractivity contribution in [3.8, 4) is 5.75 Å². The van der Waals surface area contributed by atoms with Crippen molar-refractivity contribution in [3.05, 3.63) is 59.7 Å². The largest absolute Gasteiger partial charge is 0.489 e. The van der Waals surface area contributed by atoms with Crippen LogP contribution in [-0.4, -0.2) is 19.3 Å². The second-order valence-electron chi connectivity index (χ2n) is 4.39. The van der Waals surface area contributed by atoms with Crippen molar-refractivity contribution in [1.29, 1.82) is 0 Å². The number of ether oxygens (including phenoxy) is 2. The Kier molecular flexibility index (Phi) is 4.98. The Labute approximate surface area is 119 Å². The van der Waals surface area contributed by atoms with Gasteiger partial charge in [-0.05, 0) is 29.8 Å². The van der Waals surface area contributed by atoms with Crippen LogP contribution < -0.4 is 10.1 Å². The molecule has 0 saturated heterocycles. The Morgan fingerprint density at radius 3 is 2.25 bits per heavy atom. The lowest BCUT2D eigenvalue weighted by atomic mass is 10.2. The van der Waals surface area contributed by atoms with Crippen LogP contribution in [0.5, 0.6) is 5.75 Å². The van der Waals surface area contributed by atoms with Crippen molar-refractivity contribution in [3.63, 3.8) is 0 Å². The summed E-state index contributed by atoms with van der Waals surface area (Å²) in [4.78, 5) is 0. The average molecular weight is 273 g/mol. The van der Waals surface area contributed by atoms with Gasteiger partial charge in [-0.1, -0.05) is 24.3 Å². The molecule has 0 heterocycles. The van der Waals surface area contributed by atoms with Crippen LogP contribution in [0.2, 0.25) is 0 Å². The van der Waals surface area contributed by atoms with Crippen molar-refractivity contribution < 1.29 is 14.6 Å². The lowest BCUT2D eigenvalue weighted by Crippen LogP contribution is -2.00.